The number of esters is 1. The Labute approximate surface area is 356 Å². The number of Topliss-reactive ketones (excluding diaryl/α,β-unsaturated/α-hetero) is 2. The molecule has 2 atom stereocenters. The molecule has 2 aromatic heterocycles. The van der Waals surface area contributed by atoms with Gasteiger partial charge in [-0.3, -0.25) is 29.4 Å². The molecule has 1 N–H and O–H groups in total. The lowest BCUT2D eigenvalue weighted by molar-refractivity contribution is -0.134. The van der Waals surface area contributed by atoms with Gasteiger partial charge in [-0.25, -0.2) is 19.2 Å². The summed E-state index contributed by atoms with van der Waals surface area (Å²) in [6, 6.07) is 20.1. The highest BCUT2D eigenvalue weighted by Gasteiger charge is 2.50. The molecule has 0 unspecified atom stereocenters. The number of carbonyl (C=O) groups is 6. The van der Waals surface area contributed by atoms with Crippen molar-refractivity contribution in [1.82, 2.24) is 19.8 Å². The molecular formula is C42H43Cl3N4O10. The smallest absolute Gasteiger partial charge is 0.413 e. The molecule has 2 amide bonds. The number of amides is 2. The molecule has 0 spiro atoms. The number of likely N-dealkylation sites (N-methyl/N-ethyl adjacent to an activating group) is 2. The normalized spacial score (nSPS) is 18.4. The van der Waals surface area contributed by atoms with E-state index in [0.29, 0.717) is 46.9 Å². The molecule has 2 aliphatic carbocycles. The van der Waals surface area contributed by atoms with Gasteiger partial charge in [0, 0.05) is 72.9 Å². The van der Waals surface area contributed by atoms with Crippen LogP contribution in [-0.4, -0.2) is 87.5 Å². The second-order valence-corrected chi connectivity index (χ2v) is 14.4. The highest BCUT2D eigenvalue weighted by atomic mass is 35.5. The zero-order valence-corrected chi connectivity index (χ0v) is 34.6. The summed E-state index contributed by atoms with van der Waals surface area (Å²) < 4.78 is 14.9. The van der Waals surface area contributed by atoms with E-state index in [2.05, 4.69) is 9.97 Å². The number of hydrogen-bond acceptors (Lipinski definition) is 11. The molecule has 59 heavy (non-hydrogen) atoms. The van der Waals surface area contributed by atoms with Crippen molar-refractivity contribution in [3.8, 4) is 0 Å². The first kappa shape index (κ1) is 46.1. The maximum absolute atomic E-state index is 13.0. The Hall–Kier alpha value is -5.57. The van der Waals surface area contributed by atoms with Crippen LogP contribution in [0.5, 0.6) is 0 Å². The summed E-state index contributed by atoms with van der Waals surface area (Å²) in [5, 5.41) is 9.22. The molecule has 6 rings (SSSR count). The third-order valence-corrected chi connectivity index (χ3v) is 10.8. The average molecular weight is 870 g/mol. The molecule has 4 aromatic rings. The van der Waals surface area contributed by atoms with Crippen molar-refractivity contribution in [3.05, 3.63) is 130 Å². The number of ether oxygens (including phenoxy) is 3. The van der Waals surface area contributed by atoms with E-state index in [4.69, 9.17) is 54.1 Å². The number of carboxylic acids is 1. The summed E-state index contributed by atoms with van der Waals surface area (Å²) >= 11 is 18.1. The fourth-order valence-electron chi connectivity index (χ4n) is 7.00. The van der Waals surface area contributed by atoms with E-state index in [1.165, 1.54) is 53.8 Å². The number of ketones is 2. The van der Waals surface area contributed by atoms with Crippen molar-refractivity contribution >= 4 is 70.5 Å². The molecular weight excluding hydrogens is 827 g/mol. The molecule has 0 aliphatic heterocycles. The second-order valence-electron chi connectivity index (χ2n) is 13.3. The number of aromatic carboxylic acids is 1. The molecule has 2 aliphatic rings. The minimum Gasteiger partial charge on any atom is -0.478 e. The number of benzene rings is 2. The van der Waals surface area contributed by atoms with Crippen LogP contribution in [0.15, 0.2) is 97.6 Å². The maximum Gasteiger partial charge on any atom is 0.413 e. The molecule has 2 aromatic carbocycles. The molecule has 0 saturated heterocycles. The zero-order chi connectivity index (χ0) is 43.0. The number of pyridine rings is 2. The van der Waals surface area contributed by atoms with Crippen molar-refractivity contribution in [2.75, 3.05) is 27.0 Å². The molecule has 0 radical (unpaired) electrons. The number of carboxylic acid groups (broad SMARTS) is 1. The molecule has 17 heteroatoms. The number of nitrogens with zero attached hydrogens (tertiary/aromatic N) is 4. The molecule has 2 heterocycles. The Morgan fingerprint density at radius 1 is 0.661 bits per heavy atom. The van der Waals surface area contributed by atoms with E-state index < -0.39 is 42.0 Å². The van der Waals surface area contributed by atoms with E-state index in [1.54, 1.807) is 61.6 Å². The number of alkyl halides is 1. The van der Waals surface area contributed by atoms with Gasteiger partial charge in [-0.05, 0) is 74.9 Å². The summed E-state index contributed by atoms with van der Waals surface area (Å²) in [6.07, 6.45) is 9.25. The molecule has 14 nitrogen and oxygen atoms in total. The first-order chi connectivity index (χ1) is 28.3. The first-order valence-electron chi connectivity index (χ1n) is 18.5. The Kier molecular flexibility index (Phi) is 17.2. The molecule has 2 saturated carbocycles. The van der Waals surface area contributed by atoms with E-state index in [1.807, 2.05) is 6.07 Å². The maximum atomic E-state index is 13.0. The van der Waals surface area contributed by atoms with Gasteiger partial charge in [-0.15, -0.1) is 0 Å². The van der Waals surface area contributed by atoms with Gasteiger partial charge in [-0.2, -0.15) is 0 Å². The van der Waals surface area contributed by atoms with Gasteiger partial charge in [0.2, 0.25) is 6.79 Å². The minimum absolute atomic E-state index is 0.0177. The van der Waals surface area contributed by atoms with Gasteiger partial charge < -0.3 is 19.3 Å². The number of halogens is 3. The lowest BCUT2D eigenvalue weighted by Gasteiger charge is -2.43. The van der Waals surface area contributed by atoms with Gasteiger partial charge in [0.25, 0.3) is 0 Å². The number of carbonyl (C=O) groups excluding carboxylic acids is 5. The van der Waals surface area contributed by atoms with Gasteiger partial charge in [-0.1, -0.05) is 71.2 Å². The Bertz CT molecular complexity index is 2100. The Morgan fingerprint density at radius 2 is 1.12 bits per heavy atom. The van der Waals surface area contributed by atoms with Crippen molar-refractivity contribution in [2.45, 2.75) is 62.4 Å². The SMILES string of the molecule is CN(C(=O)OCCl)[C@]1(c2ccccc2Cl)CCCCC1=O.CN(C(=O)OCOC(=O)c1cccnc1)[C@]1(c2ccccc2Cl)CCCCC1=O.O=C(O)c1cccnc1. The third kappa shape index (κ3) is 11.1. The third-order valence-electron chi connectivity index (χ3n) is 10.00. The van der Waals surface area contributed by atoms with Crippen LogP contribution < -0.4 is 0 Å². The predicted octanol–water partition coefficient (Wildman–Crippen LogP) is 8.68. The van der Waals surface area contributed by atoms with E-state index in [9.17, 15) is 28.8 Å². The summed E-state index contributed by atoms with van der Waals surface area (Å²) in [4.78, 5) is 82.6. The van der Waals surface area contributed by atoms with Gasteiger partial charge in [0.1, 0.15) is 11.1 Å². The number of hydrogen-bond donors (Lipinski definition) is 1. The zero-order valence-electron chi connectivity index (χ0n) is 32.4. The van der Waals surface area contributed by atoms with Crippen LogP contribution in [-0.2, 0) is 34.9 Å². The van der Waals surface area contributed by atoms with Gasteiger partial charge >= 0.3 is 24.1 Å². The van der Waals surface area contributed by atoms with E-state index in [0.717, 1.165) is 25.7 Å². The lowest BCUT2D eigenvalue weighted by atomic mass is 9.74. The standard InChI is InChI=1S/C21H21ClN2O5.C15H17Cl2NO3.C6H5NO2/c1-24(20(27)29-14-28-19(26)15-7-6-12-23-13-15)21(11-5-4-10-18(21)25)16-8-2-3-9-17(16)22;1-18(14(20)21-10-16)15(9-5-4-8-13(15)19)11-6-2-3-7-12(11)17;8-6(9)5-2-1-3-7-4-5/h2-3,6-9,12-13H,4-5,10-11,14H2,1H3;2-3,6-7H,4-5,8-10H2,1H3;1-4H,(H,8,9)/t21-;15-;/m00./s1. The van der Waals surface area contributed by atoms with Crippen molar-refractivity contribution in [2.24, 2.45) is 0 Å². The summed E-state index contributed by atoms with van der Waals surface area (Å²) in [7, 11) is 3.05. The van der Waals surface area contributed by atoms with Crippen LogP contribution in [0.3, 0.4) is 0 Å². The number of aromatic nitrogens is 2. The topological polar surface area (TPSA) is 183 Å². The Morgan fingerprint density at radius 3 is 1.51 bits per heavy atom. The fraction of sp³-hybridized carbons (Fsp3) is 0.333. The van der Waals surface area contributed by atoms with Crippen molar-refractivity contribution < 1.29 is 48.1 Å². The van der Waals surface area contributed by atoms with Gasteiger partial charge in [0.15, 0.2) is 17.6 Å². The van der Waals surface area contributed by atoms with Crippen LogP contribution in [0, 0.1) is 0 Å². The highest BCUT2D eigenvalue weighted by Crippen LogP contribution is 2.43. The highest BCUT2D eigenvalue weighted by molar-refractivity contribution is 6.32. The molecule has 2 fully saturated rings. The predicted molar refractivity (Wildman–Crippen MR) is 218 cm³/mol. The van der Waals surface area contributed by atoms with Crippen LogP contribution in [0.1, 0.15) is 83.2 Å². The van der Waals surface area contributed by atoms with E-state index in [-0.39, 0.29) is 28.8 Å². The summed E-state index contributed by atoms with van der Waals surface area (Å²) in [5.74, 6) is -1.72. The summed E-state index contributed by atoms with van der Waals surface area (Å²) in [6.45, 7) is -0.580. The van der Waals surface area contributed by atoms with Crippen LogP contribution in [0.25, 0.3) is 0 Å². The summed E-state index contributed by atoms with van der Waals surface area (Å²) in [5.41, 5.74) is -0.603. The first-order valence-corrected chi connectivity index (χ1v) is 19.7. The largest absolute Gasteiger partial charge is 0.478 e. The Balaban J connectivity index is 0.000000222. The van der Waals surface area contributed by atoms with Gasteiger partial charge in [0.05, 0.1) is 11.1 Å². The molecule has 312 valence electrons. The van der Waals surface area contributed by atoms with Crippen molar-refractivity contribution in [1.29, 1.82) is 0 Å². The van der Waals surface area contributed by atoms with Crippen LogP contribution in [0.2, 0.25) is 10.0 Å². The van der Waals surface area contributed by atoms with Crippen LogP contribution in [0.4, 0.5) is 9.59 Å². The fourth-order valence-corrected chi connectivity index (χ4v) is 7.68. The van der Waals surface area contributed by atoms with Crippen LogP contribution >= 0.6 is 34.8 Å². The monoisotopic (exact) mass is 868 g/mol. The number of rotatable bonds is 9. The van der Waals surface area contributed by atoms with E-state index >= 15 is 0 Å². The quantitative estimate of drug-likeness (QED) is 0.0961. The van der Waals surface area contributed by atoms with Crippen molar-refractivity contribution in [3.63, 3.8) is 0 Å². The minimum atomic E-state index is -1.21. The average Bonchev–Trinajstić information content (AvgIpc) is 3.25. The second kappa shape index (κ2) is 22.0. The lowest BCUT2D eigenvalue weighted by Crippen LogP contribution is -2.54. The molecule has 0 bridgehead atoms.